The molecule has 118 valence electrons. The van der Waals surface area contributed by atoms with Crippen LogP contribution in [-0.2, 0) is 0 Å². The van der Waals surface area contributed by atoms with Crippen LogP contribution in [0.15, 0.2) is 0 Å². The summed E-state index contributed by atoms with van der Waals surface area (Å²) in [7, 11) is 0. The maximum Gasteiger partial charge on any atom is 0.0320 e. The molecule has 0 bridgehead atoms. The van der Waals surface area contributed by atoms with E-state index in [4.69, 9.17) is 0 Å². The molecule has 20 heavy (non-hydrogen) atoms. The van der Waals surface area contributed by atoms with Crippen LogP contribution in [0.2, 0.25) is 0 Å². The molecular weight excluding hydrogens is 282 g/mol. The van der Waals surface area contributed by atoms with Gasteiger partial charge in [0.2, 0.25) is 0 Å². The SMILES string of the molecule is CCCNC(C1CCCC(CC)C1)C1SCCSC1C. The minimum absolute atomic E-state index is 0.761. The lowest BCUT2D eigenvalue weighted by Crippen LogP contribution is -2.50. The number of rotatable bonds is 6. The van der Waals surface area contributed by atoms with Crippen LogP contribution in [0.4, 0.5) is 0 Å². The smallest absolute Gasteiger partial charge is 0.0320 e. The standard InChI is InChI=1S/C17H33NS2/c1-4-9-18-16(17-13(3)19-10-11-20-17)15-8-6-7-14(5-2)12-15/h13-18H,4-12H2,1-3H3. The van der Waals surface area contributed by atoms with E-state index < -0.39 is 0 Å². The topological polar surface area (TPSA) is 12.0 Å². The molecule has 5 unspecified atom stereocenters. The van der Waals surface area contributed by atoms with Crippen LogP contribution in [0.25, 0.3) is 0 Å². The predicted octanol–water partition coefficient (Wildman–Crippen LogP) is 4.81. The van der Waals surface area contributed by atoms with E-state index in [2.05, 4.69) is 49.6 Å². The van der Waals surface area contributed by atoms with Gasteiger partial charge in [-0.25, -0.2) is 0 Å². The first kappa shape index (κ1) is 17.0. The first-order valence-corrected chi connectivity index (χ1v) is 10.8. The van der Waals surface area contributed by atoms with E-state index in [1.165, 1.54) is 56.6 Å². The van der Waals surface area contributed by atoms with E-state index in [0.717, 1.165) is 28.4 Å². The van der Waals surface area contributed by atoms with Gasteiger partial charge < -0.3 is 5.32 Å². The van der Waals surface area contributed by atoms with Crippen molar-refractivity contribution in [2.24, 2.45) is 11.8 Å². The van der Waals surface area contributed by atoms with Gasteiger partial charge in [0.1, 0.15) is 0 Å². The van der Waals surface area contributed by atoms with Gasteiger partial charge >= 0.3 is 0 Å². The molecule has 0 spiro atoms. The van der Waals surface area contributed by atoms with Crippen LogP contribution in [0.3, 0.4) is 0 Å². The summed E-state index contributed by atoms with van der Waals surface area (Å²) in [6.45, 7) is 8.34. The average Bonchev–Trinajstić information content (AvgIpc) is 2.49. The Morgan fingerprint density at radius 1 is 1.15 bits per heavy atom. The summed E-state index contributed by atoms with van der Waals surface area (Å²) in [4.78, 5) is 0. The van der Waals surface area contributed by atoms with Crippen molar-refractivity contribution in [3.63, 3.8) is 0 Å². The third kappa shape index (κ3) is 4.58. The molecule has 5 atom stereocenters. The molecule has 0 aromatic carbocycles. The largest absolute Gasteiger partial charge is 0.313 e. The molecule has 1 nitrogen and oxygen atoms in total. The lowest BCUT2D eigenvalue weighted by atomic mass is 9.75. The Morgan fingerprint density at radius 3 is 2.65 bits per heavy atom. The van der Waals surface area contributed by atoms with Crippen molar-refractivity contribution in [2.75, 3.05) is 18.1 Å². The molecule has 1 N–H and O–H groups in total. The molecule has 3 heteroatoms. The fraction of sp³-hybridized carbons (Fsp3) is 1.00. The minimum atomic E-state index is 0.761. The van der Waals surface area contributed by atoms with Gasteiger partial charge in [-0.15, -0.1) is 0 Å². The number of hydrogen-bond donors (Lipinski definition) is 1. The van der Waals surface area contributed by atoms with E-state index in [1.54, 1.807) is 0 Å². The zero-order chi connectivity index (χ0) is 14.4. The van der Waals surface area contributed by atoms with Gasteiger partial charge in [-0.3, -0.25) is 0 Å². The molecule has 1 saturated heterocycles. The molecule has 0 aromatic heterocycles. The summed E-state index contributed by atoms with van der Waals surface area (Å²) in [6, 6.07) is 0.761. The molecule has 0 aromatic rings. The molecule has 2 fully saturated rings. The summed E-state index contributed by atoms with van der Waals surface area (Å²) in [5.74, 6) is 4.63. The fourth-order valence-corrected chi connectivity index (χ4v) is 6.98. The summed E-state index contributed by atoms with van der Waals surface area (Å²) in [5, 5.41) is 5.61. The van der Waals surface area contributed by atoms with Crippen LogP contribution in [0, 0.1) is 11.8 Å². The van der Waals surface area contributed by atoms with Crippen molar-refractivity contribution in [1.29, 1.82) is 0 Å². The van der Waals surface area contributed by atoms with E-state index in [1.807, 2.05) is 0 Å². The Bertz CT molecular complexity index is 272. The van der Waals surface area contributed by atoms with Crippen molar-refractivity contribution in [1.82, 2.24) is 5.32 Å². The summed E-state index contributed by atoms with van der Waals surface area (Å²) in [5.41, 5.74) is 0. The summed E-state index contributed by atoms with van der Waals surface area (Å²) >= 11 is 4.45. The van der Waals surface area contributed by atoms with Gasteiger partial charge in [-0.2, -0.15) is 23.5 Å². The van der Waals surface area contributed by atoms with Gasteiger partial charge in [-0.1, -0.05) is 40.0 Å². The fourth-order valence-electron chi connectivity index (χ4n) is 3.94. The normalized spacial score (nSPS) is 36.8. The molecule has 1 heterocycles. The van der Waals surface area contributed by atoms with E-state index in [9.17, 15) is 0 Å². The van der Waals surface area contributed by atoms with Gasteiger partial charge in [0, 0.05) is 28.0 Å². The molecular formula is C17H33NS2. The number of hydrogen-bond acceptors (Lipinski definition) is 3. The maximum absolute atomic E-state index is 3.95. The van der Waals surface area contributed by atoms with Crippen LogP contribution in [0.1, 0.15) is 59.3 Å². The quantitative estimate of drug-likeness (QED) is 0.755. The molecule has 1 aliphatic heterocycles. The van der Waals surface area contributed by atoms with Crippen LogP contribution < -0.4 is 5.32 Å². The highest BCUT2D eigenvalue weighted by atomic mass is 32.2. The van der Waals surface area contributed by atoms with Crippen molar-refractivity contribution in [2.45, 2.75) is 75.8 Å². The Hall–Kier alpha value is 0.660. The van der Waals surface area contributed by atoms with Crippen molar-refractivity contribution in [3.8, 4) is 0 Å². The van der Waals surface area contributed by atoms with Crippen LogP contribution >= 0.6 is 23.5 Å². The Kier molecular flexibility index (Phi) is 7.61. The second kappa shape index (κ2) is 8.95. The zero-order valence-corrected chi connectivity index (χ0v) is 15.2. The highest BCUT2D eigenvalue weighted by Crippen LogP contribution is 2.40. The zero-order valence-electron chi connectivity index (χ0n) is 13.6. The molecule has 2 aliphatic rings. The highest BCUT2D eigenvalue weighted by molar-refractivity contribution is 8.07. The molecule has 2 rings (SSSR count). The Labute approximate surface area is 134 Å². The second-order valence-electron chi connectivity index (χ2n) is 6.59. The highest BCUT2D eigenvalue weighted by Gasteiger charge is 2.36. The summed E-state index contributed by atoms with van der Waals surface area (Å²) in [6.07, 6.45) is 8.54. The maximum atomic E-state index is 3.95. The molecule has 1 aliphatic carbocycles. The Balaban J connectivity index is 2.01. The molecule has 1 saturated carbocycles. The van der Waals surface area contributed by atoms with Crippen molar-refractivity contribution >= 4 is 23.5 Å². The van der Waals surface area contributed by atoms with Gasteiger partial charge in [0.25, 0.3) is 0 Å². The van der Waals surface area contributed by atoms with Crippen LogP contribution in [-0.4, -0.2) is 34.6 Å². The Morgan fingerprint density at radius 2 is 1.95 bits per heavy atom. The molecule has 0 amide bonds. The van der Waals surface area contributed by atoms with Gasteiger partial charge in [-0.05, 0) is 37.6 Å². The van der Waals surface area contributed by atoms with Crippen LogP contribution in [0.5, 0.6) is 0 Å². The van der Waals surface area contributed by atoms with Crippen molar-refractivity contribution in [3.05, 3.63) is 0 Å². The lowest BCUT2D eigenvalue weighted by Gasteiger charge is -2.42. The number of nitrogens with one attached hydrogen (secondary N) is 1. The first-order valence-electron chi connectivity index (χ1n) is 8.72. The summed E-state index contributed by atoms with van der Waals surface area (Å²) < 4.78 is 0. The first-order chi connectivity index (χ1) is 9.76. The molecule has 0 radical (unpaired) electrons. The minimum Gasteiger partial charge on any atom is -0.313 e. The predicted molar refractivity (Wildman–Crippen MR) is 96.0 cm³/mol. The average molecular weight is 316 g/mol. The second-order valence-corrected chi connectivity index (χ2v) is 9.36. The van der Waals surface area contributed by atoms with Crippen molar-refractivity contribution < 1.29 is 0 Å². The van der Waals surface area contributed by atoms with E-state index >= 15 is 0 Å². The third-order valence-corrected chi connectivity index (χ3v) is 8.35. The van der Waals surface area contributed by atoms with Gasteiger partial charge in [0.15, 0.2) is 0 Å². The van der Waals surface area contributed by atoms with E-state index in [0.29, 0.717) is 0 Å². The third-order valence-electron chi connectivity index (χ3n) is 5.13. The monoisotopic (exact) mass is 315 g/mol. The van der Waals surface area contributed by atoms with Gasteiger partial charge in [0.05, 0.1) is 0 Å². The number of thioether (sulfide) groups is 2. The van der Waals surface area contributed by atoms with E-state index in [-0.39, 0.29) is 0 Å². The lowest BCUT2D eigenvalue weighted by molar-refractivity contribution is 0.205.